The lowest BCUT2D eigenvalue weighted by Crippen LogP contribution is -2.33. The van der Waals surface area contributed by atoms with Gasteiger partial charge in [-0.05, 0) is 18.1 Å². The largest absolute Gasteiger partial charge is 0.465 e. The topological polar surface area (TPSA) is 58.6 Å². The van der Waals surface area contributed by atoms with E-state index in [0.717, 1.165) is 11.1 Å². The molecule has 0 fully saturated rings. The summed E-state index contributed by atoms with van der Waals surface area (Å²) in [5, 5.41) is 13.0. The monoisotopic (exact) mass is 235 g/mol. The third-order valence-corrected chi connectivity index (χ3v) is 2.98. The number of rotatable bonds is 4. The second-order valence-electron chi connectivity index (χ2n) is 4.13. The average Bonchev–Trinajstić information content (AvgIpc) is 2.62. The highest BCUT2D eigenvalue weighted by atomic mass is 16.5. The molecule has 1 aromatic rings. The Hall–Kier alpha value is -1.39. The molecule has 1 aliphatic carbocycles. The van der Waals surface area contributed by atoms with Gasteiger partial charge < -0.3 is 9.84 Å². The molecule has 0 radical (unpaired) electrons. The van der Waals surface area contributed by atoms with Gasteiger partial charge in [-0.2, -0.15) is 0 Å². The van der Waals surface area contributed by atoms with E-state index in [4.69, 9.17) is 4.74 Å². The van der Waals surface area contributed by atoms with E-state index in [1.165, 1.54) is 0 Å². The summed E-state index contributed by atoms with van der Waals surface area (Å²) < 4.78 is 4.84. The van der Waals surface area contributed by atoms with E-state index in [2.05, 4.69) is 5.32 Å². The highest BCUT2D eigenvalue weighted by Crippen LogP contribution is 2.30. The minimum absolute atomic E-state index is 0.129. The number of nitrogens with one attached hydrogen (secondary N) is 1. The van der Waals surface area contributed by atoms with Gasteiger partial charge in [0.2, 0.25) is 0 Å². The summed E-state index contributed by atoms with van der Waals surface area (Å²) in [5.41, 5.74) is 2.21. The fraction of sp³-hybridized carbons (Fsp3) is 0.462. The maximum absolute atomic E-state index is 11.3. The molecule has 0 saturated carbocycles. The van der Waals surface area contributed by atoms with Crippen LogP contribution in [0.4, 0.5) is 0 Å². The Labute approximate surface area is 101 Å². The molecule has 17 heavy (non-hydrogen) atoms. The first-order chi connectivity index (χ1) is 8.22. The van der Waals surface area contributed by atoms with Gasteiger partial charge in [-0.1, -0.05) is 24.3 Å². The molecule has 1 aliphatic rings. The molecule has 0 saturated heterocycles. The first-order valence-electron chi connectivity index (χ1n) is 5.87. The van der Waals surface area contributed by atoms with Gasteiger partial charge in [0.1, 0.15) is 0 Å². The van der Waals surface area contributed by atoms with Crippen LogP contribution in [0.15, 0.2) is 24.3 Å². The van der Waals surface area contributed by atoms with Crippen molar-refractivity contribution in [2.24, 2.45) is 0 Å². The molecule has 0 bridgehead atoms. The van der Waals surface area contributed by atoms with Gasteiger partial charge in [-0.25, -0.2) is 0 Å². The third kappa shape index (κ3) is 2.65. The fourth-order valence-electron chi connectivity index (χ4n) is 2.23. The minimum atomic E-state index is -0.471. The van der Waals surface area contributed by atoms with Gasteiger partial charge >= 0.3 is 5.97 Å². The van der Waals surface area contributed by atoms with Gasteiger partial charge in [0, 0.05) is 6.42 Å². The van der Waals surface area contributed by atoms with Gasteiger partial charge in [0.15, 0.2) is 0 Å². The van der Waals surface area contributed by atoms with E-state index in [9.17, 15) is 9.90 Å². The Bertz CT molecular complexity index is 405. The summed E-state index contributed by atoms with van der Waals surface area (Å²) in [4.78, 5) is 11.3. The number of ether oxygens (including phenoxy) is 1. The lowest BCUT2D eigenvalue weighted by atomic mass is 10.1. The second-order valence-corrected chi connectivity index (χ2v) is 4.13. The van der Waals surface area contributed by atoms with Crippen LogP contribution >= 0.6 is 0 Å². The molecule has 0 aliphatic heterocycles. The number of hydrogen-bond acceptors (Lipinski definition) is 4. The zero-order valence-corrected chi connectivity index (χ0v) is 9.85. The van der Waals surface area contributed by atoms with Crippen molar-refractivity contribution in [1.29, 1.82) is 0 Å². The van der Waals surface area contributed by atoms with Crippen LogP contribution in [0.25, 0.3) is 0 Å². The molecule has 2 unspecified atom stereocenters. The number of benzene rings is 1. The van der Waals surface area contributed by atoms with Crippen molar-refractivity contribution in [3.8, 4) is 0 Å². The summed E-state index contributed by atoms with van der Waals surface area (Å²) in [7, 11) is 0. The first-order valence-corrected chi connectivity index (χ1v) is 5.87. The second kappa shape index (κ2) is 5.29. The summed E-state index contributed by atoms with van der Waals surface area (Å²) in [6.45, 7) is 2.28. The molecule has 92 valence electrons. The van der Waals surface area contributed by atoms with Crippen LogP contribution in [-0.2, 0) is 16.0 Å². The SMILES string of the molecule is CCOC(=O)CNC1c2ccccc2CC1O. The van der Waals surface area contributed by atoms with Crippen LogP contribution < -0.4 is 5.32 Å². The summed E-state index contributed by atoms with van der Waals surface area (Å²) in [6.07, 6.45) is 0.165. The van der Waals surface area contributed by atoms with E-state index >= 15 is 0 Å². The standard InChI is InChI=1S/C13H17NO3/c1-2-17-12(16)8-14-13-10-6-4-3-5-9(10)7-11(13)15/h3-6,11,13-15H,2,7-8H2,1H3. The van der Waals surface area contributed by atoms with Crippen LogP contribution in [0.2, 0.25) is 0 Å². The zero-order valence-electron chi connectivity index (χ0n) is 9.85. The normalized spacial score (nSPS) is 22.2. The van der Waals surface area contributed by atoms with Crippen LogP contribution in [0.1, 0.15) is 24.1 Å². The molecule has 0 heterocycles. The lowest BCUT2D eigenvalue weighted by Gasteiger charge is -2.17. The van der Waals surface area contributed by atoms with Gasteiger partial charge in [-0.3, -0.25) is 10.1 Å². The Morgan fingerprint density at radius 1 is 1.53 bits per heavy atom. The number of fused-ring (bicyclic) bond motifs is 1. The molecule has 0 spiro atoms. The van der Waals surface area contributed by atoms with Crippen molar-refractivity contribution >= 4 is 5.97 Å². The average molecular weight is 235 g/mol. The molecule has 2 atom stereocenters. The van der Waals surface area contributed by atoms with E-state index < -0.39 is 6.10 Å². The maximum Gasteiger partial charge on any atom is 0.319 e. The Balaban J connectivity index is 1.99. The van der Waals surface area contributed by atoms with E-state index in [0.29, 0.717) is 13.0 Å². The molecular weight excluding hydrogens is 218 g/mol. The van der Waals surface area contributed by atoms with Gasteiger partial charge in [0.05, 0.1) is 25.3 Å². The number of carbonyl (C=O) groups is 1. The minimum Gasteiger partial charge on any atom is -0.465 e. The molecule has 4 nitrogen and oxygen atoms in total. The molecular formula is C13H17NO3. The van der Waals surface area contributed by atoms with Crippen LogP contribution in [0.5, 0.6) is 0 Å². The molecule has 4 heteroatoms. The zero-order chi connectivity index (χ0) is 12.3. The maximum atomic E-state index is 11.3. The van der Waals surface area contributed by atoms with Crippen LogP contribution in [0, 0.1) is 0 Å². The van der Waals surface area contributed by atoms with Gasteiger partial charge in [0.25, 0.3) is 0 Å². The molecule has 0 amide bonds. The van der Waals surface area contributed by atoms with Crippen molar-refractivity contribution in [2.45, 2.75) is 25.5 Å². The number of aliphatic hydroxyl groups excluding tert-OH is 1. The van der Waals surface area contributed by atoms with Gasteiger partial charge in [-0.15, -0.1) is 0 Å². The highest BCUT2D eigenvalue weighted by molar-refractivity contribution is 5.71. The Kier molecular flexibility index (Phi) is 3.76. The number of aliphatic hydroxyl groups is 1. The smallest absolute Gasteiger partial charge is 0.319 e. The Morgan fingerprint density at radius 3 is 3.06 bits per heavy atom. The Morgan fingerprint density at radius 2 is 2.29 bits per heavy atom. The van der Waals surface area contributed by atoms with Crippen LogP contribution in [-0.4, -0.2) is 30.3 Å². The van der Waals surface area contributed by atoms with Crippen LogP contribution in [0.3, 0.4) is 0 Å². The van der Waals surface area contributed by atoms with Crippen molar-refractivity contribution in [1.82, 2.24) is 5.32 Å². The fourth-order valence-corrected chi connectivity index (χ4v) is 2.23. The summed E-state index contributed by atoms with van der Waals surface area (Å²) in [5.74, 6) is -0.288. The third-order valence-electron chi connectivity index (χ3n) is 2.98. The predicted octanol–water partition coefficient (Wildman–Crippen LogP) is 0.797. The van der Waals surface area contributed by atoms with Crippen molar-refractivity contribution in [2.75, 3.05) is 13.2 Å². The van der Waals surface area contributed by atoms with E-state index in [1.54, 1.807) is 6.92 Å². The number of hydrogen-bond donors (Lipinski definition) is 2. The quantitative estimate of drug-likeness (QED) is 0.758. The van der Waals surface area contributed by atoms with Crippen molar-refractivity contribution in [3.63, 3.8) is 0 Å². The van der Waals surface area contributed by atoms with E-state index in [1.807, 2.05) is 24.3 Å². The van der Waals surface area contributed by atoms with Crippen molar-refractivity contribution in [3.05, 3.63) is 35.4 Å². The predicted molar refractivity (Wildman–Crippen MR) is 63.5 cm³/mol. The molecule has 2 N–H and O–H groups in total. The lowest BCUT2D eigenvalue weighted by molar-refractivity contribution is -0.142. The molecule has 2 rings (SSSR count). The highest BCUT2D eigenvalue weighted by Gasteiger charge is 2.30. The first kappa shape index (κ1) is 12.1. The van der Waals surface area contributed by atoms with Crippen molar-refractivity contribution < 1.29 is 14.6 Å². The number of esters is 1. The summed E-state index contributed by atoms with van der Waals surface area (Å²) >= 11 is 0. The molecule has 0 aromatic heterocycles. The summed E-state index contributed by atoms with van der Waals surface area (Å²) in [6, 6.07) is 7.71. The van der Waals surface area contributed by atoms with E-state index in [-0.39, 0.29) is 18.6 Å². The molecule has 1 aromatic carbocycles. The number of carbonyl (C=O) groups excluding carboxylic acids is 1.